The van der Waals surface area contributed by atoms with Crippen LogP contribution in [0.25, 0.3) is 10.9 Å². The third kappa shape index (κ3) is 2.44. The highest BCUT2D eigenvalue weighted by Gasteiger charge is 2.30. The van der Waals surface area contributed by atoms with Crippen molar-refractivity contribution in [3.63, 3.8) is 0 Å². The van der Waals surface area contributed by atoms with E-state index in [9.17, 15) is 14.7 Å². The number of hydrogen-bond acceptors (Lipinski definition) is 5. The zero-order chi connectivity index (χ0) is 19.6. The van der Waals surface area contributed by atoms with Gasteiger partial charge in [0, 0.05) is 42.9 Å². The van der Waals surface area contributed by atoms with Crippen LogP contribution in [-0.2, 0) is 13.0 Å². The number of halogens is 1. The Balaban J connectivity index is 1.74. The predicted molar refractivity (Wildman–Crippen MR) is 99.4 cm³/mol. The Morgan fingerprint density at radius 2 is 2.18 bits per heavy atom. The van der Waals surface area contributed by atoms with E-state index in [2.05, 4.69) is 5.16 Å². The summed E-state index contributed by atoms with van der Waals surface area (Å²) in [5, 5.41) is 13.4. The molecule has 1 saturated carbocycles. The number of rotatable bonds is 3. The molecular formula is C20H18FN3O4. The summed E-state index contributed by atoms with van der Waals surface area (Å²) in [5.41, 5.74) is 1.15. The average molecular weight is 383 g/mol. The Hall–Kier alpha value is -3.16. The van der Waals surface area contributed by atoms with E-state index in [-0.39, 0.29) is 22.6 Å². The lowest BCUT2D eigenvalue weighted by molar-refractivity contribution is 0.0695. The van der Waals surface area contributed by atoms with Gasteiger partial charge in [-0.25, -0.2) is 9.18 Å². The maximum Gasteiger partial charge on any atom is 0.341 e. The normalized spacial score (nSPS) is 16.4. The molecule has 3 heterocycles. The van der Waals surface area contributed by atoms with Crippen LogP contribution in [0.3, 0.4) is 0 Å². The molecule has 0 unspecified atom stereocenters. The van der Waals surface area contributed by atoms with E-state index < -0.39 is 17.2 Å². The molecule has 5 rings (SSSR count). The number of aromatic carboxylic acids is 1. The third-order valence-corrected chi connectivity index (χ3v) is 5.69. The predicted octanol–water partition coefficient (Wildman–Crippen LogP) is 3.03. The molecule has 0 amide bonds. The lowest BCUT2D eigenvalue weighted by Crippen LogP contribution is -2.31. The fourth-order valence-corrected chi connectivity index (χ4v) is 4.03. The van der Waals surface area contributed by atoms with Gasteiger partial charge < -0.3 is 19.1 Å². The molecule has 2 aromatic heterocycles. The Morgan fingerprint density at radius 3 is 2.89 bits per heavy atom. The Morgan fingerprint density at radius 1 is 1.39 bits per heavy atom. The van der Waals surface area contributed by atoms with Gasteiger partial charge >= 0.3 is 5.97 Å². The molecule has 144 valence electrons. The first-order chi connectivity index (χ1) is 13.5. The third-order valence-electron chi connectivity index (χ3n) is 5.69. The van der Waals surface area contributed by atoms with Crippen LogP contribution in [0.4, 0.5) is 10.1 Å². The van der Waals surface area contributed by atoms with Crippen molar-refractivity contribution >= 4 is 22.6 Å². The van der Waals surface area contributed by atoms with E-state index in [1.165, 1.54) is 6.20 Å². The number of aromatic nitrogens is 2. The van der Waals surface area contributed by atoms with Crippen LogP contribution in [0.5, 0.6) is 0 Å². The smallest absolute Gasteiger partial charge is 0.341 e. The van der Waals surface area contributed by atoms with Crippen LogP contribution in [-0.4, -0.2) is 27.3 Å². The van der Waals surface area contributed by atoms with Gasteiger partial charge in [-0.3, -0.25) is 4.79 Å². The summed E-state index contributed by atoms with van der Waals surface area (Å²) >= 11 is 0. The summed E-state index contributed by atoms with van der Waals surface area (Å²) in [6, 6.07) is 1.83. The molecule has 8 heteroatoms. The molecule has 1 aliphatic carbocycles. The minimum Gasteiger partial charge on any atom is -0.477 e. The first-order valence-electron chi connectivity index (χ1n) is 9.24. The van der Waals surface area contributed by atoms with Gasteiger partial charge in [-0.15, -0.1) is 0 Å². The van der Waals surface area contributed by atoms with Crippen LogP contribution in [0.2, 0.25) is 0 Å². The first kappa shape index (κ1) is 17.0. The molecule has 3 aromatic rings. The quantitative estimate of drug-likeness (QED) is 0.748. The molecular weight excluding hydrogens is 365 g/mol. The fourth-order valence-electron chi connectivity index (χ4n) is 4.03. The van der Waals surface area contributed by atoms with Crippen LogP contribution in [0, 0.1) is 12.7 Å². The van der Waals surface area contributed by atoms with E-state index in [4.69, 9.17) is 4.52 Å². The molecule has 28 heavy (non-hydrogen) atoms. The minimum absolute atomic E-state index is 0.143. The maximum absolute atomic E-state index is 15.3. The molecule has 0 atom stereocenters. The second-order valence-corrected chi connectivity index (χ2v) is 7.49. The van der Waals surface area contributed by atoms with Gasteiger partial charge in [-0.1, -0.05) is 5.16 Å². The van der Waals surface area contributed by atoms with Gasteiger partial charge in [0.05, 0.1) is 22.8 Å². The van der Waals surface area contributed by atoms with Crippen molar-refractivity contribution in [1.29, 1.82) is 0 Å². The number of carboxylic acid groups (broad SMARTS) is 1. The van der Waals surface area contributed by atoms with Gasteiger partial charge in [-0.05, 0) is 25.8 Å². The van der Waals surface area contributed by atoms with E-state index in [0.717, 1.165) is 24.2 Å². The number of hydrogen-bond donors (Lipinski definition) is 1. The summed E-state index contributed by atoms with van der Waals surface area (Å²) in [5.74, 6) is -0.967. The van der Waals surface area contributed by atoms with Crippen molar-refractivity contribution in [3.8, 4) is 0 Å². The Labute approximate surface area is 159 Å². The molecule has 0 spiro atoms. The molecule has 0 saturated heterocycles. The van der Waals surface area contributed by atoms with Crippen molar-refractivity contribution in [1.82, 2.24) is 9.72 Å². The molecule has 0 radical (unpaired) electrons. The zero-order valence-electron chi connectivity index (χ0n) is 15.2. The molecule has 0 bridgehead atoms. The van der Waals surface area contributed by atoms with Crippen molar-refractivity contribution in [2.45, 2.75) is 38.8 Å². The second-order valence-electron chi connectivity index (χ2n) is 7.49. The highest BCUT2D eigenvalue weighted by atomic mass is 19.1. The number of carboxylic acids is 1. The number of carbonyl (C=O) groups is 1. The molecule has 7 nitrogen and oxygen atoms in total. The highest BCUT2D eigenvalue weighted by molar-refractivity contribution is 5.95. The van der Waals surface area contributed by atoms with Crippen LogP contribution in [0.15, 0.2) is 27.8 Å². The van der Waals surface area contributed by atoms with E-state index in [1.54, 1.807) is 19.2 Å². The summed E-state index contributed by atoms with van der Waals surface area (Å²) in [7, 11) is 0. The van der Waals surface area contributed by atoms with Crippen LogP contribution < -0.4 is 10.3 Å². The lowest BCUT2D eigenvalue weighted by atomic mass is 10.0. The van der Waals surface area contributed by atoms with Crippen molar-refractivity contribution in [3.05, 3.63) is 57.0 Å². The number of pyridine rings is 1. The topological polar surface area (TPSA) is 88.6 Å². The number of anilines is 1. The van der Waals surface area contributed by atoms with Gasteiger partial charge in [-0.2, -0.15) is 0 Å². The summed E-state index contributed by atoms with van der Waals surface area (Å²) in [6.07, 6.45) is 5.50. The average Bonchev–Trinajstić information content (AvgIpc) is 3.40. The van der Waals surface area contributed by atoms with Gasteiger partial charge in [0.15, 0.2) is 0 Å². The maximum atomic E-state index is 15.3. The number of fused-ring (bicyclic) bond motifs is 2. The molecule has 1 aliphatic heterocycles. The van der Waals surface area contributed by atoms with Gasteiger partial charge in [0.2, 0.25) is 5.43 Å². The molecule has 1 N–H and O–H groups in total. The van der Waals surface area contributed by atoms with Crippen LogP contribution in [0.1, 0.15) is 46.1 Å². The standard InChI is InChI=1S/C20H18FN3O4/c1-10-17-14(24(12-2-3-12)9-13(19(17)25)20(26)27)6-15(18(10)21)23-5-4-16-11(8-23)7-22-28-16/h6-7,9,12H,2-5,8H2,1H3,(H,26,27). The summed E-state index contributed by atoms with van der Waals surface area (Å²) in [4.78, 5) is 26.2. The number of nitrogens with zero attached hydrogens (tertiary/aromatic N) is 3. The molecule has 1 fully saturated rings. The summed E-state index contributed by atoms with van der Waals surface area (Å²) in [6.45, 7) is 2.59. The SMILES string of the molecule is Cc1c(F)c(N2CCc3oncc3C2)cc2c1c(=O)c(C(=O)O)cn2C1CC1. The molecule has 1 aromatic carbocycles. The van der Waals surface area contributed by atoms with Gasteiger partial charge in [0.1, 0.15) is 17.1 Å². The Bertz CT molecular complexity index is 1190. The minimum atomic E-state index is -1.29. The monoisotopic (exact) mass is 383 g/mol. The van der Waals surface area contributed by atoms with Crippen molar-refractivity contribution < 1.29 is 18.8 Å². The van der Waals surface area contributed by atoms with E-state index >= 15 is 4.39 Å². The van der Waals surface area contributed by atoms with Crippen LogP contribution >= 0.6 is 0 Å². The fraction of sp³-hybridized carbons (Fsp3) is 0.350. The van der Waals surface area contributed by atoms with E-state index in [0.29, 0.717) is 30.7 Å². The summed E-state index contributed by atoms with van der Waals surface area (Å²) < 4.78 is 22.3. The number of aryl methyl sites for hydroxylation is 1. The first-order valence-corrected chi connectivity index (χ1v) is 9.24. The zero-order valence-corrected chi connectivity index (χ0v) is 15.2. The largest absolute Gasteiger partial charge is 0.477 e. The molecule has 2 aliphatic rings. The second kappa shape index (κ2) is 5.92. The van der Waals surface area contributed by atoms with Crippen molar-refractivity contribution in [2.75, 3.05) is 11.4 Å². The number of benzene rings is 1. The Kier molecular flexibility index (Phi) is 3.59. The van der Waals surface area contributed by atoms with Gasteiger partial charge in [0.25, 0.3) is 0 Å². The van der Waals surface area contributed by atoms with E-state index in [1.807, 2.05) is 9.47 Å². The lowest BCUT2D eigenvalue weighted by Gasteiger charge is -2.29. The van der Waals surface area contributed by atoms with Crippen molar-refractivity contribution in [2.24, 2.45) is 0 Å². The highest BCUT2D eigenvalue weighted by Crippen LogP contribution is 2.39.